The summed E-state index contributed by atoms with van der Waals surface area (Å²) in [5.74, 6) is -0.719. The third kappa shape index (κ3) is 3.08. The number of anilines is 2. The molecule has 7 nitrogen and oxygen atoms in total. The van der Waals surface area contributed by atoms with Crippen molar-refractivity contribution < 1.29 is 19.6 Å². The molecule has 2 rings (SSSR count). The molecule has 0 fully saturated rings. The number of hydrogen-bond acceptors (Lipinski definition) is 5. The van der Waals surface area contributed by atoms with Crippen molar-refractivity contribution in [2.45, 2.75) is 0 Å². The molecule has 0 amide bonds. The highest BCUT2D eigenvalue weighted by Crippen LogP contribution is 2.30. The summed E-state index contributed by atoms with van der Waals surface area (Å²) in [6.07, 6.45) is 0. The fourth-order valence-electron chi connectivity index (χ4n) is 1.82. The van der Waals surface area contributed by atoms with Crippen LogP contribution in [0.5, 0.6) is 5.75 Å². The van der Waals surface area contributed by atoms with E-state index in [1.54, 1.807) is 24.3 Å². The SMILES string of the molecule is COc1ccccc1Nc1ccc([N+](=O)[O-])cc1C(=O)O. The maximum Gasteiger partial charge on any atom is 0.338 e. The quantitative estimate of drug-likeness (QED) is 0.647. The van der Waals surface area contributed by atoms with Crippen molar-refractivity contribution in [3.8, 4) is 5.75 Å². The van der Waals surface area contributed by atoms with Crippen molar-refractivity contribution in [1.29, 1.82) is 0 Å². The Bertz CT molecular complexity index is 700. The van der Waals surface area contributed by atoms with E-state index in [2.05, 4.69) is 5.32 Å². The van der Waals surface area contributed by atoms with Crippen LogP contribution in [0.4, 0.5) is 17.1 Å². The summed E-state index contributed by atoms with van der Waals surface area (Å²) in [5.41, 5.74) is 0.349. The molecule has 0 bridgehead atoms. The molecule has 0 aliphatic rings. The van der Waals surface area contributed by atoms with E-state index in [0.717, 1.165) is 6.07 Å². The number of carboxylic acid groups (broad SMARTS) is 1. The van der Waals surface area contributed by atoms with Crippen molar-refractivity contribution in [2.75, 3.05) is 12.4 Å². The standard InChI is InChI=1S/C14H12N2O5/c1-21-13-5-3-2-4-12(13)15-11-7-6-9(16(19)20)8-10(11)14(17)18/h2-8,15H,1H3,(H,17,18). The van der Waals surface area contributed by atoms with Crippen LogP contribution in [-0.2, 0) is 0 Å². The molecule has 0 aliphatic carbocycles. The number of nitro groups is 1. The summed E-state index contributed by atoms with van der Waals surface area (Å²) >= 11 is 0. The normalized spacial score (nSPS) is 9.95. The van der Waals surface area contributed by atoms with Crippen molar-refractivity contribution in [2.24, 2.45) is 0 Å². The molecular weight excluding hydrogens is 276 g/mol. The van der Waals surface area contributed by atoms with Gasteiger partial charge in [0, 0.05) is 12.1 Å². The van der Waals surface area contributed by atoms with E-state index in [1.165, 1.54) is 19.2 Å². The smallest absolute Gasteiger partial charge is 0.338 e. The van der Waals surface area contributed by atoms with Gasteiger partial charge in [-0.25, -0.2) is 4.79 Å². The minimum Gasteiger partial charge on any atom is -0.495 e. The molecule has 0 heterocycles. The van der Waals surface area contributed by atoms with Crippen LogP contribution < -0.4 is 10.1 Å². The van der Waals surface area contributed by atoms with E-state index >= 15 is 0 Å². The van der Waals surface area contributed by atoms with Crippen LogP contribution in [-0.4, -0.2) is 23.1 Å². The number of nitrogens with one attached hydrogen (secondary N) is 1. The van der Waals surface area contributed by atoms with Crippen molar-refractivity contribution >= 4 is 23.0 Å². The van der Waals surface area contributed by atoms with Crippen LogP contribution >= 0.6 is 0 Å². The second-order valence-electron chi connectivity index (χ2n) is 4.12. The monoisotopic (exact) mass is 288 g/mol. The van der Waals surface area contributed by atoms with Crippen molar-refractivity contribution in [1.82, 2.24) is 0 Å². The number of carboxylic acids is 1. The van der Waals surface area contributed by atoms with Gasteiger partial charge in [-0.05, 0) is 18.2 Å². The van der Waals surface area contributed by atoms with Crippen LogP contribution in [0.1, 0.15) is 10.4 Å². The van der Waals surface area contributed by atoms with Gasteiger partial charge in [-0.1, -0.05) is 12.1 Å². The first-order chi connectivity index (χ1) is 10.0. The number of carbonyl (C=O) groups is 1. The molecule has 2 aromatic rings. The highest BCUT2D eigenvalue weighted by atomic mass is 16.6. The first-order valence-corrected chi connectivity index (χ1v) is 5.94. The van der Waals surface area contributed by atoms with E-state index in [4.69, 9.17) is 4.74 Å². The Morgan fingerprint density at radius 2 is 1.95 bits per heavy atom. The van der Waals surface area contributed by atoms with Gasteiger partial charge in [0.25, 0.3) is 5.69 Å². The molecule has 0 atom stereocenters. The largest absolute Gasteiger partial charge is 0.495 e. The summed E-state index contributed by atoms with van der Waals surface area (Å²) in [6.45, 7) is 0. The average Bonchev–Trinajstić information content (AvgIpc) is 2.47. The average molecular weight is 288 g/mol. The summed E-state index contributed by atoms with van der Waals surface area (Å²) < 4.78 is 5.16. The Hall–Kier alpha value is -3.09. The Balaban J connectivity index is 2.44. The first kappa shape index (κ1) is 14.3. The van der Waals surface area contributed by atoms with Gasteiger partial charge in [0.15, 0.2) is 0 Å². The zero-order chi connectivity index (χ0) is 15.4. The van der Waals surface area contributed by atoms with Gasteiger partial charge >= 0.3 is 5.97 Å². The molecule has 0 saturated carbocycles. The fourth-order valence-corrected chi connectivity index (χ4v) is 1.82. The van der Waals surface area contributed by atoms with E-state index in [0.29, 0.717) is 11.4 Å². The lowest BCUT2D eigenvalue weighted by Crippen LogP contribution is -2.04. The number of aromatic carboxylic acids is 1. The van der Waals surface area contributed by atoms with Gasteiger partial charge < -0.3 is 15.2 Å². The van der Waals surface area contributed by atoms with Crippen molar-refractivity contribution in [3.05, 3.63) is 58.1 Å². The maximum atomic E-state index is 11.2. The highest BCUT2D eigenvalue weighted by Gasteiger charge is 2.16. The van der Waals surface area contributed by atoms with Gasteiger partial charge in [0.2, 0.25) is 0 Å². The molecule has 0 spiro atoms. The lowest BCUT2D eigenvalue weighted by molar-refractivity contribution is -0.384. The molecule has 0 unspecified atom stereocenters. The maximum absolute atomic E-state index is 11.2. The molecule has 2 N–H and O–H groups in total. The lowest BCUT2D eigenvalue weighted by Gasteiger charge is -2.12. The number of benzene rings is 2. The van der Waals surface area contributed by atoms with Crippen LogP contribution in [0.25, 0.3) is 0 Å². The molecule has 0 radical (unpaired) electrons. The summed E-state index contributed by atoms with van der Waals surface area (Å²) in [4.78, 5) is 21.3. The van der Waals surface area contributed by atoms with Crippen molar-refractivity contribution in [3.63, 3.8) is 0 Å². The van der Waals surface area contributed by atoms with Gasteiger partial charge in [-0.15, -0.1) is 0 Å². The zero-order valence-corrected chi connectivity index (χ0v) is 11.1. The Morgan fingerprint density at radius 1 is 1.24 bits per heavy atom. The summed E-state index contributed by atoms with van der Waals surface area (Å²) in [5, 5.41) is 22.8. The molecule has 0 saturated heterocycles. The number of hydrogen-bond donors (Lipinski definition) is 2. The van der Waals surface area contributed by atoms with Gasteiger partial charge in [-0.3, -0.25) is 10.1 Å². The Morgan fingerprint density at radius 3 is 2.57 bits per heavy atom. The number of nitro benzene ring substituents is 1. The minimum absolute atomic E-state index is 0.185. The topological polar surface area (TPSA) is 102 Å². The second-order valence-corrected chi connectivity index (χ2v) is 4.12. The molecule has 0 aliphatic heterocycles. The zero-order valence-electron chi connectivity index (χ0n) is 11.1. The van der Waals surface area contributed by atoms with Crippen LogP contribution in [0.3, 0.4) is 0 Å². The third-order valence-electron chi connectivity index (χ3n) is 2.82. The van der Waals surface area contributed by atoms with Crippen LogP contribution in [0.15, 0.2) is 42.5 Å². The Kier molecular flexibility index (Phi) is 4.03. The predicted molar refractivity (Wildman–Crippen MR) is 76.3 cm³/mol. The molecular formula is C14H12N2O5. The molecule has 21 heavy (non-hydrogen) atoms. The van der Waals surface area contributed by atoms with Gasteiger partial charge in [-0.2, -0.15) is 0 Å². The van der Waals surface area contributed by atoms with Gasteiger partial charge in [0.05, 0.1) is 29.0 Å². The number of ether oxygens (including phenoxy) is 1. The molecule has 7 heteroatoms. The van der Waals surface area contributed by atoms with E-state index < -0.39 is 10.9 Å². The number of methoxy groups -OCH3 is 1. The Labute approximate surface area is 119 Å². The second kappa shape index (κ2) is 5.91. The number of rotatable bonds is 5. The number of non-ortho nitro benzene ring substituents is 1. The summed E-state index contributed by atoms with van der Waals surface area (Å²) in [6, 6.07) is 10.6. The van der Waals surface area contributed by atoms with Crippen LogP contribution in [0, 0.1) is 10.1 Å². The fraction of sp³-hybridized carbons (Fsp3) is 0.0714. The first-order valence-electron chi connectivity index (χ1n) is 5.94. The summed E-state index contributed by atoms with van der Waals surface area (Å²) in [7, 11) is 1.49. The van der Waals surface area contributed by atoms with E-state index in [1.807, 2.05) is 0 Å². The van der Waals surface area contributed by atoms with E-state index in [9.17, 15) is 20.0 Å². The molecule has 2 aromatic carbocycles. The highest BCUT2D eigenvalue weighted by molar-refractivity contribution is 5.96. The third-order valence-corrected chi connectivity index (χ3v) is 2.82. The molecule has 108 valence electrons. The number of nitrogens with zero attached hydrogens (tertiary/aromatic N) is 1. The van der Waals surface area contributed by atoms with Crippen LogP contribution in [0.2, 0.25) is 0 Å². The minimum atomic E-state index is -1.25. The lowest BCUT2D eigenvalue weighted by atomic mass is 10.1. The van der Waals surface area contributed by atoms with E-state index in [-0.39, 0.29) is 16.9 Å². The van der Waals surface area contributed by atoms with Gasteiger partial charge in [0.1, 0.15) is 5.75 Å². The number of para-hydroxylation sites is 2. The predicted octanol–water partition coefficient (Wildman–Crippen LogP) is 3.05. The molecule has 0 aromatic heterocycles.